The second kappa shape index (κ2) is 6.08. The molecule has 1 aliphatic heterocycles. The SMILES string of the molecule is Cc1ccc2c(c1)N(C)C(=O)C(C)(C(=O)Nc1cccc(Cl)c1C)O2. The average molecular weight is 359 g/mol. The van der Waals surface area contributed by atoms with Crippen LogP contribution in [0.3, 0.4) is 0 Å². The number of nitrogens with one attached hydrogen (secondary N) is 1. The van der Waals surface area contributed by atoms with Crippen LogP contribution >= 0.6 is 11.6 Å². The summed E-state index contributed by atoms with van der Waals surface area (Å²) in [5, 5.41) is 3.30. The zero-order chi connectivity index (χ0) is 18.4. The molecule has 1 heterocycles. The Hall–Kier alpha value is -2.53. The summed E-state index contributed by atoms with van der Waals surface area (Å²) in [6, 6.07) is 10.7. The fourth-order valence-electron chi connectivity index (χ4n) is 2.80. The minimum Gasteiger partial charge on any atom is -0.465 e. The Morgan fingerprint density at radius 2 is 1.96 bits per heavy atom. The third-order valence-electron chi connectivity index (χ3n) is 4.45. The predicted octanol–water partition coefficient (Wildman–Crippen LogP) is 3.71. The first-order valence-corrected chi connectivity index (χ1v) is 8.26. The maximum Gasteiger partial charge on any atom is 0.280 e. The predicted molar refractivity (Wildman–Crippen MR) is 98.4 cm³/mol. The van der Waals surface area contributed by atoms with Crippen molar-refractivity contribution in [3.63, 3.8) is 0 Å². The van der Waals surface area contributed by atoms with Gasteiger partial charge in [0.05, 0.1) is 5.69 Å². The summed E-state index contributed by atoms with van der Waals surface area (Å²) in [4.78, 5) is 27.1. The molecule has 1 unspecified atom stereocenters. The van der Waals surface area contributed by atoms with E-state index in [1.165, 1.54) is 11.8 Å². The number of carbonyl (C=O) groups is 2. The number of fused-ring (bicyclic) bond motifs is 1. The molecule has 1 N–H and O–H groups in total. The van der Waals surface area contributed by atoms with Crippen LogP contribution in [-0.2, 0) is 9.59 Å². The van der Waals surface area contributed by atoms with E-state index in [4.69, 9.17) is 16.3 Å². The van der Waals surface area contributed by atoms with Crippen molar-refractivity contribution < 1.29 is 14.3 Å². The molecule has 0 fully saturated rings. The minimum atomic E-state index is -1.66. The maximum absolute atomic E-state index is 12.9. The van der Waals surface area contributed by atoms with Gasteiger partial charge in [0.1, 0.15) is 5.75 Å². The summed E-state index contributed by atoms with van der Waals surface area (Å²) in [5.41, 5.74) is 1.27. The van der Waals surface area contributed by atoms with Gasteiger partial charge in [0, 0.05) is 17.8 Å². The minimum absolute atomic E-state index is 0.428. The normalized spacial score (nSPS) is 19.2. The third kappa shape index (κ3) is 2.85. The maximum atomic E-state index is 12.9. The van der Waals surface area contributed by atoms with Crippen molar-refractivity contribution in [3.8, 4) is 5.75 Å². The van der Waals surface area contributed by atoms with Crippen LogP contribution in [0.1, 0.15) is 18.1 Å². The first-order chi connectivity index (χ1) is 11.7. The Morgan fingerprint density at radius 1 is 1.24 bits per heavy atom. The Bertz CT molecular complexity index is 881. The molecule has 130 valence electrons. The molecular formula is C19H19ClN2O3. The first-order valence-electron chi connectivity index (χ1n) is 7.88. The number of likely N-dealkylation sites (N-methyl/N-ethyl adjacent to an activating group) is 1. The molecule has 5 nitrogen and oxygen atoms in total. The topological polar surface area (TPSA) is 58.6 Å². The number of halogens is 1. The molecule has 1 atom stereocenters. The summed E-state index contributed by atoms with van der Waals surface area (Å²) in [6.45, 7) is 5.21. The number of ether oxygens (including phenoxy) is 1. The molecule has 2 aromatic rings. The Balaban J connectivity index is 1.95. The van der Waals surface area contributed by atoms with Gasteiger partial charge in [0.15, 0.2) is 0 Å². The Morgan fingerprint density at radius 3 is 2.68 bits per heavy atom. The van der Waals surface area contributed by atoms with Gasteiger partial charge in [-0.05, 0) is 56.2 Å². The number of amides is 2. The van der Waals surface area contributed by atoms with Crippen molar-refractivity contribution in [3.05, 3.63) is 52.5 Å². The van der Waals surface area contributed by atoms with Gasteiger partial charge in [-0.2, -0.15) is 0 Å². The van der Waals surface area contributed by atoms with E-state index in [-0.39, 0.29) is 0 Å². The van der Waals surface area contributed by atoms with E-state index in [9.17, 15) is 9.59 Å². The largest absolute Gasteiger partial charge is 0.465 e. The van der Waals surface area contributed by atoms with Crippen molar-refractivity contribution in [1.82, 2.24) is 0 Å². The molecule has 2 amide bonds. The lowest BCUT2D eigenvalue weighted by Gasteiger charge is -2.38. The summed E-state index contributed by atoms with van der Waals surface area (Å²) in [5.74, 6) is -0.475. The Kier molecular flexibility index (Phi) is 4.21. The lowest BCUT2D eigenvalue weighted by Crippen LogP contribution is -2.59. The van der Waals surface area contributed by atoms with Gasteiger partial charge in [-0.15, -0.1) is 0 Å². The molecule has 0 saturated heterocycles. The number of hydrogen-bond acceptors (Lipinski definition) is 3. The van der Waals surface area contributed by atoms with Crippen LogP contribution in [-0.4, -0.2) is 24.5 Å². The molecule has 1 aliphatic rings. The van der Waals surface area contributed by atoms with Gasteiger partial charge in [-0.25, -0.2) is 0 Å². The van der Waals surface area contributed by atoms with E-state index in [0.717, 1.165) is 11.1 Å². The standard InChI is InChI=1S/C19H19ClN2O3/c1-11-8-9-16-15(10-11)22(4)18(24)19(3,25-16)17(23)21-14-7-5-6-13(20)12(14)2/h5-10H,1-4H3,(H,21,23). The quantitative estimate of drug-likeness (QED) is 0.832. The number of aryl methyl sites for hydroxylation is 1. The molecule has 0 saturated carbocycles. The molecule has 0 radical (unpaired) electrons. The van der Waals surface area contributed by atoms with E-state index in [1.807, 2.05) is 19.1 Å². The van der Waals surface area contributed by atoms with Crippen LogP contribution in [0.2, 0.25) is 5.02 Å². The zero-order valence-electron chi connectivity index (χ0n) is 14.5. The van der Waals surface area contributed by atoms with Crippen molar-refractivity contribution in [1.29, 1.82) is 0 Å². The fourth-order valence-corrected chi connectivity index (χ4v) is 2.97. The summed E-state index contributed by atoms with van der Waals surface area (Å²) >= 11 is 6.09. The molecule has 25 heavy (non-hydrogen) atoms. The lowest BCUT2D eigenvalue weighted by atomic mass is 9.99. The smallest absolute Gasteiger partial charge is 0.280 e. The van der Waals surface area contributed by atoms with E-state index >= 15 is 0 Å². The van der Waals surface area contributed by atoms with Gasteiger partial charge in [0.2, 0.25) is 0 Å². The molecule has 6 heteroatoms. The second-order valence-electron chi connectivity index (χ2n) is 6.34. The van der Waals surface area contributed by atoms with Gasteiger partial charge in [-0.3, -0.25) is 9.59 Å². The van der Waals surface area contributed by atoms with Crippen LogP contribution in [0.15, 0.2) is 36.4 Å². The summed E-state index contributed by atoms with van der Waals surface area (Å²) in [6.07, 6.45) is 0. The molecule has 0 bridgehead atoms. The van der Waals surface area contributed by atoms with Crippen LogP contribution < -0.4 is 15.0 Å². The van der Waals surface area contributed by atoms with Gasteiger partial charge in [0.25, 0.3) is 17.4 Å². The van der Waals surface area contributed by atoms with E-state index in [1.54, 1.807) is 38.2 Å². The number of nitrogens with zero attached hydrogens (tertiary/aromatic N) is 1. The van der Waals surface area contributed by atoms with Crippen molar-refractivity contribution in [2.45, 2.75) is 26.4 Å². The van der Waals surface area contributed by atoms with Crippen LogP contribution in [0.5, 0.6) is 5.75 Å². The average Bonchev–Trinajstić information content (AvgIpc) is 2.58. The number of rotatable bonds is 2. The highest BCUT2D eigenvalue weighted by Gasteiger charge is 2.49. The van der Waals surface area contributed by atoms with E-state index < -0.39 is 17.4 Å². The van der Waals surface area contributed by atoms with Crippen LogP contribution in [0.25, 0.3) is 0 Å². The molecule has 0 aromatic heterocycles. The number of benzene rings is 2. The van der Waals surface area contributed by atoms with Crippen molar-refractivity contribution in [2.24, 2.45) is 0 Å². The molecule has 0 aliphatic carbocycles. The number of hydrogen-bond donors (Lipinski definition) is 1. The van der Waals surface area contributed by atoms with Crippen LogP contribution in [0, 0.1) is 13.8 Å². The highest BCUT2D eigenvalue weighted by molar-refractivity contribution is 6.32. The Labute approximate surface area is 151 Å². The van der Waals surface area contributed by atoms with E-state index in [0.29, 0.717) is 22.1 Å². The third-order valence-corrected chi connectivity index (χ3v) is 4.86. The van der Waals surface area contributed by atoms with Crippen molar-refractivity contribution in [2.75, 3.05) is 17.3 Å². The molecule has 0 spiro atoms. The molecular weight excluding hydrogens is 340 g/mol. The zero-order valence-corrected chi connectivity index (χ0v) is 15.3. The van der Waals surface area contributed by atoms with Gasteiger partial charge < -0.3 is 15.0 Å². The first kappa shape index (κ1) is 17.3. The highest BCUT2D eigenvalue weighted by Crippen LogP contribution is 2.38. The van der Waals surface area contributed by atoms with Crippen LogP contribution in [0.4, 0.5) is 11.4 Å². The number of anilines is 2. The molecule has 2 aromatic carbocycles. The highest BCUT2D eigenvalue weighted by atomic mass is 35.5. The second-order valence-corrected chi connectivity index (χ2v) is 6.74. The van der Waals surface area contributed by atoms with Gasteiger partial charge >= 0.3 is 0 Å². The molecule has 3 rings (SSSR count). The summed E-state index contributed by atoms with van der Waals surface area (Å²) < 4.78 is 5.82. The fraction of sp³-hybridized carbons (Fsp3) is 0.263. The lowest BCUT2D eigenvalue weighted by molar-refractivity contribution is -0.144. The van der Waals surface area contributed by atoms with Gasteiger partial charge in [-0.1, -0.05) is 23.7 Å². The van der Waals surface area contributed by atoms with E-state index in [2.05, 4.69) is 5.32 Å². The monoisotopic (exact) mass is 358 g/mol. The van der Waals surface area contributed by atoms with Crippen molar-refractivity contribution >= 4 is 34.8 Å². The number of carbonyl (C=O) groups excluding carboxylic acids is 2. The summed E-state index contributed by atoms with van der Waals surface area (Å²) in [7, 11) is 1.64.